The van der Waals surface area contributed by atoms with E-state index in [1.165, 1.54) is 29.2 Å². The molecule has 138 valence electrons. The molecule has 3 rings (SSSR count). The van der Waals surface area contributed by atoms with Gasteiger partial charge in [-0.2, -0.15) is 0 Å². The zero-order valence-corrected chi connectivity index (χ0v) is 16.0. The van der Waals surface area contributed by atoms with Gasteiger partial charge in [0.2, 0.25) is 0 Å². The number of pyridine rings is 1. The number of aromatic nitrogens is 2. The average Bonchev–Trinajstić information content (AvgIpc) is 3.14. The fourth-order valence-electron chi connectivity index (χ4n) is 2.18. The Morgan fingerprint density at radius 3 is 2.74 bits per heavy atom. The standard InChI is InChI=1S/C19H16ClN3O3S/c1-12-2-4-13(5-3-12)19-23-15(11-27-19)10-26-17(24)9-22-18(25)16-8-14(20)6-7-21-16/h2-8,11H,9-10H2,1H3,(H,22,25). The maximum absolute atomic E-state index is 11.9. The van der Waals surface area contributed by atoms with Crippen LogP contribution in [0.1, 0.15) is 21.7 Å². The zero-order chi connectivity index (χ0) is 19.2. The third-order valence-electron chi connectivity index (χ3n) is 3.58. The van der Waals surface area contributed by atoms with Crippen LogP contribution in [0.25, 0.3) is 10.6 Å². The number of esters is 1. The van der Waals surface area contributed by atoms with Crippen LogP contribution in [0.15, 0.2) is 48.0 Å². The highest BCUT2D eigenvalue weighted by atomic mass is 35.5. The minimum atomic E-state index is -0.560. The third-order valence-corrected chi connectivity index (χ3v) is 4.75. The topological polar surface area (TPSA) is 81.2 Å². The highest BCUT2D eigenvalue weighted by Gasteiger charge is 2.12. The van der Waals surface area contributed by atoms with Crippen molar-refractivity contribution in [1.82, 2.24) is 15.3 Å². The maximum atomic E-state index is 11.9. The molecule has 27 heavy (non-hydrogen) atoms. The van der Waals surface area contributed by atoms with Crippen LogP contribution in [0.3, 0.4) is 0 Å². The summed E-state index contributed by atoms with van der Waals surface area (Å²) >= 11 is 7.29. The molecule has 0 aliphatic carbocycles. The molecule has 1 amide bonds. The smallest absolute Gasteiger partial charge is 0.325 e. The number of amides is 1. The second-order valence-corrected chi connectivity index (χ2v) is 7.01. The predicted octanol–water partition coefficient (Wildman–Crippen LogP) is 3.64. The molecule has 2 heterocycles. The molecule has 8 heteroatoms. The van der Waals surface area contributed by atoms with E-state index < -0.39 is 11.9 Å². The van der Waals surface area contributed by atoms with Crippen molar-refractivity contribution in [2.24, 2.45) is 0 Å². The van der Waals surface area contributed by atoms with Crippen molar-refractivity contribution in [3.8, 4) is 10.6 Å². The first kappa shape index (κ1) is 19.0. The van der Waals surface area contributed by atoms with Gasteiger partial charge in [-0.05, 0) is 19.1 Å². The van der Waals surface area contributed by atoms with E-state index in [1.807, 2.05) is 36.6 Å². The van der Waals surface area contributed by atoms with Crippen molar-refractivity contribution in [1.29, 1.82) is 0 Å². The number of hydrogen-bond acceptors (Lipinski definition) is 6. The van der Waals surface area contributed by atoms with Crippen LogP contribution in [0.5, 0.6) is 0 Å². The lowest BCUT2D eigenvalue weighted by Gasteiger charge is -2.05. The molecule has 0 unspecified atom stereocenters. The molecule has 1 N–H and O–H groups in total. The van der Waals surface area contributed by atoms with Crippen molar-refractivity contribution >= 4 is 34.8 Å². The van der Waals surface area contributed by atoms with Gasteiger partial charge in [0.1, 0.15) is 23.9 Å². The van der Waals surface area contributed by atoms with Gasteiger partial charge < -0.3 is 10.1 Å². The first-order valence-corrected chi connectivity index (χ1v) is 9.34. The SMILES string of the molecule is Cc1ccc(-c2nc(COC(=O)CNC(=O)c3cc(Cl)ccn3)cs2)cc1. The first-order valence-electron chi connectivity index (χ1n) is 8.08. The van der Waals surface area contributed by atoms with E-state index >= 15 is 0 Å². The minimum absolute atomic E-state index is 0.0481. The lowest BCUT2D eigenvalue weighted by Crippen LogP contribution is -2.31. The Bertz CT molecular complexity index is 957. The first-order chi connectivity index (χ1) is 13.0. The summed E-state index contributed by atoms with van der Waals surface area (Å²) in [7, 11) is 0. The molecule has 0 atom stereocenters. The monoisotopic (exact) mass is 401 g/mol. The van der Waals surface area contributed by atoms with Crippen LogP contribution < -0.4 is 5.32 Å². The summed E-state index contributed by atoms with van der Waals surface area (Å²) < 4.78 is 5.15. The lowest BCUT2D eigenvalue weighted by molar-refractivity contribution is -0.143. The maximum Gasteiger partial charge on any atom is 0.325 e. The number of rotatable bonds is 6. The normalized spacial score (nSPS) is 10.4. The van der Waals surface area contributed by atoms with Crippen LogP contribution in [0.2, 0.25) is 5.02 Å². The Hall–Kier alpha value is -2.77. The summed E-state index contributed by atoms with van der Waals surface area (Å²) in [6.45, 7) is 1.81. The van der Waals surface area contributed by atoms with Crippen LogP contribution in [-0.4, -0.2) is 28.4 Å². The number of benzene rings is 1. The molecule has 1 aromatic carbocycles. The van der Waals surface area contributed by atoms with E-state index in [0.29, 0.717) is 10.7 Å². The number of nitrogens with zero attached hydrogens (tertiary/aromatic N) is 2. The third kappa shape index (κ3) is 5.35. The van der Waals surface area contributed by atoms with Crippen molar-refractivity contribution in [3.63, 3.8) is 0 Å². The second kappa shape index (κ2) is 8.75. The summed E-state index contributed by atoms with van der Waals surface area (Å²) in [6, 6.07) is 11.0. The molecule has 0 spiro atoms. The van der Waals surface area contributed by atoms with E-state index in [1.54, 1.807) is 6.07 Å². The van der Waals surface area contributed by atoms with Crippen LogP contribution in [-0.2, 0) is 16.1 Å². The van der Waals surface area contributed by atoms with E-state index in [4.69, 9.17) is 16.3 Å². The quantitative estimate of drug-likeness (QED) is 0.638. The largest absolute Gasteiger partial charge is 0.458 e. The number of carbonyl (C=O) groups excluding carboxylic acids is 2. The second-order valence-electron chi connectivity index (χ2n) is 5.71. The summed E-state index contributed by atoms with van der Waals surface area (Å²) in [5.41, 5.74) is 2.99. The molecular weight excluding hydrogens is 386 g/mol. The molecule has 2 aromatic heterocycles. The van der Waals surface area contributed by atoms with Gasteiger partial charge in [0.25, 0.3) is 5.91 Å². The van der Waals surface area contributed by atoms with Gasteiger partial charge in [-0.1, -0.05) is 41.4 Å². The number of thiazole rings is 1. The van der Waals surface area contributed by atoms with E-state index in [2.05, 4.69) is 15.3 Å². The van der Waals surface area contributed by atoms with Crippen molar-refractivity contribution in [3.05, 3.63) is 69.9 Å². The molecule has 6 nitrogen and oxygen atoms in total. The molecule has 3 aromatic rings. The summed E-state index contributed by atoms with van der Waals surface area (Å²) in [5, 5.41) is 5.55. The molecule has 0 bridgehead atoms. The van der Waals surface area contributed by atoms with Gasteiger partial charge in [-0.25, -0.2) is 4.98 Å². The van der Waals surface area contributed by atoms with E-state index in [9.17, 15) is 9.59 Å². The molecular formula is C19H16ClN3O3S. The summed E-state index contributed by atoms with van der Waals surface area (Å²) in [4.78, 5) is 32.1. The van der Waals surface area contributed by atoms with Crippen molar-refractivity contribution in [2.75, 3.05) is 6.54 Å². The Labute approximate surface area is 165 Å². The molecule has 0 saturated carbocycles. The van der Waals surface area contributed by atoms with E-state index in [-0.39, 0.29) is 18.8 Å². The van der Waals surface area contributed by atoms with Crippen LogP contribution in [0.4, 0.5) is 0 Å². The molecule has 0 fully saturated rings. The van der Waals surface area contributed by atoms with Gasteiger partial charge in [-0.3, -0.25) is 14.6 Å². The van der Waals surface area contributed by atoms with Gasteiger partial charge in [0.05, 0.1) is 5.69 Å². The Kier molecular flexibility index (Phi) is 6.16. The van der Waals surface area contributed by atoms with Gasteiger partial charge >= 0.3 is 5.97 Å². The van der Waals surface area contributed by atoms with Gasteiger partial charge in [0.15, 0.2) is 0 Å². The predicted molar refractivity (Wildman–Crippen MR) is 104 cm³/mol. The highest BCUT2D eigenvalue weighted by Crippen LogP contribution is 2.24. The Balaban J connectivity index is 1.48. The number of nitrogens with one attached hydrogen (secondary N) is 1. The zero-order valence-electron chi connectivity index (χ0n) is 14.4. The number of ether oxygens (including phenoxy) is 1. The molecule has 0 radical (unpaired) electrons. The number of hydrogen-bond donors (Lipinski definition) is 1. The van der Waals surface area contributed by atoms with Crippen LogP contribution >= 0.6 is 22.9 Å². The number of carbonyl (C=O) groups is 2. The van der Waals surface area contributed by atoms with Crippen molar-refractivity contribution < 1.29 is 14.3 Å². The van der Waals surface area contributed by atoms with Crippen LogP contribution in [0, 0.1) is 6.92 Å². The van der Waals surface area contributed by atoms with E-state index in [0.717, 1.165) is 10.6 Å². The Morgan fingerprint density at radius 1 is 1.22 bits per heavy atom. The molecule has 0 saturated heterocycles. The number of halogens is 1. The van der Waals surface area contributed by atoms with Gasteiger partial charge in [0, 0.05) is 22.2 Å². The van der Waals surface area contributed by atoms with Gasteiger partial charge in [-0.15, -0.1) is 11.3 Å². The van der Waals surface area contributed by atoms with Crippen molar-refractivity contribution in [2.45, 2.75) is 13.5 Å². The summed E-state index contributed by atoms with van der Waals surface area (Å²) in [6.07, 6.45) is 1.42. The Morgan fingerprint density at radius 2 is 2.00 bits per heavy atom. The minimum Gasteiger partial charge on any atom is -0.458 e. The number of aryl methyl sites for hydroxylation is 1. The molecule has 0 aliphatic rings. The highest BCUT2D eigenvalue weighted by molar-refractivity contribution is 7.13. The fraction of sp³-hybridized carbons (Fsp3) is 0.158. The molecule has 0 aliphatic heterocycles. The summed E-state index contributed by atoms with van der Waals surface area (Å²) in [5.74, 6) is -1.06. The lowest BCUT2D eigenvalue weighted by atomic mass is 10.2. The fourth-order valence-corrected chi connectivity index (χ4v) is 3.15. The average molecular weight is 402 g/mol.